The number of nitrogens with two attached hydrogens (primary N) is 1. The van der Waals surface area contributed by atoms with Gasteiger partial charge in [-0.1, -0.05) is 29.8 Å². The molecule has 5 heteroatoms. The molecule has 1 amide bonds. The second-order valence-corrected chi connectivity index (χ2v) is 4.77. The number of hydrogen-bond acceptors (Lipinski definition) is 3. The van der Waals surface area contributed by atoms with Gasteiger partial charge in [-0.05, 0) is 31.5 Å². The van der Waals surface area contributed by atoms with E-state index in [2.05, 4.69) is 5.10 Å². The highest BCUT2D eigenvalue weighted by molar-refractivity contribution is 6.31. The van der Waals surface area contributed by atoms with Crippen LogP contribution in [0, 0.1) is 5.92 Å². The Balaban J connectivity index is 2.13. The van der Waals surface area contributed by atoms with Gasteiger partial charge in [0, 0.05) is 10.7 Å². The summed E-state index contributed by atoms with van der Waals surface area (Å²) in [6, 6.07) is 7.47. The molecule has 0 spiro atoms. The third-order valence-electron chi connectivity index (χ3n) is 3.07. The molecule has 2 N–H and O–H groups in total. The first kappa shape index (κ1) is 13.1. The zero-order valence-electron chi connectivity index (χ0n) is 10.3. The number of carbonyl (C=O) groups excluding carboxylic acids is 1. The molecule has 4 nitrogen and oxygen atoms in total. The van der Waals surface area contributed by atoms with Gasteiger partial charge in [-0.25, -0.2) is 5.01 Å². The van der Waals surface area contributed by atoms with Gasteiger partial charge >= 0.3 is 0 Å². The van der Waals surface area contributed by atoms with Crippen molar-refractivity contribution in [2.45, 2.75) is 19.9 Å². The van der Waals surface area contributed by atoms with Crippen molar-refractivity contribution < 1.29 is 4.79 Å². The minimum atomic E-state index is -0.169. The molecular formula is C13H16ClN3O. The Morgan fingerprint density at radius 2 is 2.17 bits per heavy atom. The summed E-state index contributed by atoms with van der Waals surface area (Å²) in [6.45, 7) is 2.77. The topological polar surface area (TPSA) is 58.7 Å². The Kier molecular flexibility index (Phi) is 3.99. The van der Waals surface area contributed by atoms with Crippen molar-refractivity contribution in [1.82, 2.24) is 5.01 Å². The van der Waals surface area contributed by atoms with Crippen molar-refractivity contribution in [3.8, 4) is 0 Å². The maximum Gasteiger partial charge on any atom is 0.251 e. The number of hydrogen-bond donors (Lipinski definition) is 1. The van der Waals surface area contributed by atoms with Gasteiger partial charge in [-0.15, -0.1) is 0 Å². The van der Waals surface area contributed by atoms with E-state index in [1.807, 2.05) is 31.2 Å². The van der Waals surface area contributed by atoms with Crippen LogP contribution in [0.1, 0.15) is 18.9 Å². The lowest BCUT2D eigenvalue weighted by Crippen LogP contribution is -2.28. The lowest BCUT2D eigenvalue weighted by atomic mass is 10.0. The Morgan fingerprint density at radius 3 is 2.83 bits per heavy atom. The summed E-state index contributed by atoms with van der Waals surface area (Å²) in [5, 5.41) is 6.43. The Hall–Kier alpha value is -1.39. The number of hydrazone groups is 1. The van der Waals surface area contributed by atoms with E-state index in [9.17, 15) is 4.79 Å². The van der Waals surface area contributed by atoms with Crippen molar-refractivity contribution in [3.05, 3.63) is 34.9 Å². The summed E-state index contributed by atoms with van der Waals surface area (Å²) in [5.41, 5.74) is 7.24. The molecule has 1 aromatic rings. The summed E-state index contributed by atoms with van der Waals surface area (Å²) in [7, 11) is 0. The molecule has 1 aliphatic heterocycles. The number of halogens is 1. The quantitative estimate of drug-likeness (QED) is 0.906. The number of nitrogens with zero attached hydrogens (tertiary/aromatic N) is 2. The third-order valence-corrected chi connectivity index (χ3v) is 3.44. The molecule has 1 heterocycles. The van der Waals surface area contributed by atoms with Crippen LogP contribution in [-0.4, -0.2) is 23.2 Å². The number of benzene rings is 1. The van der Waals surface area contributed by atoms with E-state index >= 15 is 0 Å². The highest BCUT2D eigenvalue weighted by Gasteiger charge is 2.32. The molecular weight excluding hydrogens is 250 g/mol. The minimum absolute atomic E-state index is 0.0119. The van der Waals surface area contributed by atoms with Crippen LogP contribution in [0.5, 0.6) is 0 Å². The van der Waals surface area contributed by atoms with E-state index in [-0.39, 0.29) is 11.8 Å². The average molecular weight is 266 g/mol. The highest BCUT2D eigenvalue weighted by atomic mass is 35.5. The zero-order valence-corrected chi connectivity index (χ0v) is 11.0. The van der Waals surface area contributed by atoms with Gasteiger partial charge in [0.25, 0.3) is 5.91 Å². The molecule has 96 valence electrons. The molecule has 18 heavy (non-hydrogen) atoms. The molecule has 0 saturated heterocycles. The van der Waals surface area contributed by atoms with E-state index in [1.165, 1.54) is 5.01 Å². The Bertz CT molecular complexity index is 487. The molecule has 1 unspecified atom stereocenters. The molecule has 0 radical (unpaired) electrons. The molecule has 0 saturated carbocycles. The maximum absolute atomic E-state index is 12.1. The van der Waals surface area contributed by atoms with Gasteiger partial charge in [0.15, 0.2) is 0 Å². The minimum Gasteiger partial charge on any atom is -0.330 e. The third kappa shape index (κ3) is 2.54. The molecule has 1 aromatic carbocycles. The van der Waals surface area contributed by atoms with Crippen LogP contribution in [0.4, 0.5) is 0 Å². The molecule has 0 bridgehead atoms. The maximum atomic E-state index is 12.1. The number of amides is 1. The van der Waals surface area contributed by atoms with E-state index in [0.717, 1.165) is 11.3 Å². The van der Waals surface area contributed by atoms with E-state index in [4.69, 9.17) is 17.3 Å². The predicted molar refractivity (Wildman–Crippen MR) is 72.3 cm³/mol. The van der Waals surface area contributed by atoms with Gasteiger partial charge in [0.05, 0.1) is 12.5 Å². The van der Waals surface area contributed by atoms with E-state index in [0.29, 0.717) is 24.5 Å². The monoisotopic (exact) mass is 265 g/mol. The molecule has 1 aliphatic rings. The van der Waals surface area contributed by atoms with Crippen molar-refractivity contribution in [2.75, 3.05) is 6.54 Å². The molecule has 0 aliphatic carbocycles. The smallest absolute Gasteiger partial charge is 0.251 e. The van der Waals surface area contributed by atoms with Gasteiger partial charge in [-0.2, -0.15) is 5.10 Å². The van der Waals surface area contributed by atoms with Crippen LogP contribution in [0.25, 0.3) is 0 Å². The summed E-state index contributed by atoms with van der Waals surface area (Å²) >= 11 is 6.08. The highest BCUT2D eigenvalue weighted by Crippen LogP contribution is 2.23. The van der Waals surface area contributed by atoms with Crippen LogP contribution in [0.2, 0.25) is 5.02 Å². The van der Waals surface area contributed by atoms with Gasteiger partial charge in [-0.3, -0.25) is 4.79 Å². The van der Waals surface area contributed by atoms with Crippen molar-refractivity contribution >= 4 is 23.2 Å². The fraction of sp³-hybridized carbons (Fsp3) is 0.385. The van der Waals surface area contributed by atoms with E-state index in [1.54, 1.807) is 0 Å². The molecule has 2 rings (SSSR count). The van der Waals surface area contributed by atoms with Gasteiger partial charge in [0.1, 0.15) is 0 Å². The lowest BCUT2D eigenvalue weighted by molar-refractivity contribution is -0.132. The van der Waals surface area contributed by atoms with Crippen LogP contribution in [0.3, 0.4) is 0 Å². The first-order valence-electron chi connectivity index (χ1n) is 5.93. The SMILES string of the molecule is CC1=NN(Cc2ccccc2Cl)C(=O)C1CCN. The molecule has 0 fully saturated rings. The van der Waals surface area contributed by atoms with Gasteiger partial charge in [0.2, 0.25) is 0 Å². The normalized spacial score (nSPS) is 19.3. The second kappa shape index (κ2) is 5.50. The summed E-state index contributed by atoms with van der Waals surface area (Å²) in [5.74, 6) is -0.157. The lowest BCUT2D eigenvalue weighted by Gasteiger charge is -2.14. The first-order chi connectivity index (χ1) is 8.63. The van der Waals surface area contributed by atoms with Crippen molar-refractivity contribution in [1.29, 1.82) is 0 Å². The summed E-state index contributed by atoms with van der Waals surface area (Å²) in [6.07, 6.45) is 0.646. The van der Waals surface area contributed by atoms with Crippen LogP contribution >= 0.6 is 11.6 Å². The number of carbonyl (C=O) groups is 1. The zero-order chi connectivity index (χ0) is 13.1. The van der Waals surface area contributed by atoms with Gasteiger partial charge < -0.3 is 5.73 Å². The van der Waals surface area contributed by atoms with Crippen LogP contribution in [0.15, 0.2) is 29.4 Å². The fourth-order valence-corrected chi connectivity index (χ4v) is 2.26. The average Bonchev–Trinajstić information content (AvgIpc) is 2.60. The first-order valence-corrected chi connectivity index (χ1v) is 6.31. The number of rotatable bonds is 4. The fourth-order valence-electron chi connectivity index (χ4n) is 2.07. The predicted octanol–water partition coefficient (Wildman–Crippen LogP) is 2.02. The second-order valence-electron chi connectivity index (χ2n) is 4.36. The molecule has 0 aromatic heterocycles. The largest absolute Gasteiger partial charge is 0.330 e. The Labute approximate surface area is 111 Å². The Morgan fingerprint density at radius 1 is 1.44 bits per heavy atom. The summed E-state index contributed by atoms with van der Waals surface area (Å²) in [4.78, 5) is 12.1. The van der Waals surface area contributed by atoms with Crippen molar-refractivity contribution in [2.24, 2.45) is 16.8 Å². The van der Waals surface area contributed by atoms with Crippen LogP contribution < -0.4 is 5.73 Å². The van der Waals surface area contributed by atoms with E-state index < -0.39 is 0 Å². The molecule has 1 atom stereocenters. The van der Waals surface area contributed by atoms with Crippen LogP contribution in [-0.2, 0) is 11.3 Å². The van der Waals surface area contributed by atoms with Crippen molar-refractivity contribution in [3.63, 3.8) is 0 Å². The standard InChI is InChI=1S/C13H16ClN3O/c1-9-11(6-7-15)13(18)17(16-9)8-10-4-2-3-5-12(10)14/h2-5,11H,6-8,15H2,1H3. The summed E-state index contributed by atoms with van der Waals surface area (Å²) < 4.78 is 0.